The van der Waals surface area contributed by atoms with E-state index in [1.54, 1.807) is 24.3 Å². The number of benzene rings is 2. The minimum atomic E-state index is -3.68. The number of halogens is 2. The van der Waals surface area contributed by atoms with Crippen molar-refractivity contribution in [1.82, 2.24) is 19.2 Å². The van der Waals surface area contributed by atoms with E-state index in [1.165, 1.54) is 24.3 Å². The van der Waals surface area contributed by atoms with Gasteiger partial charge in [-0.05, 0) is 76.2 Å². The Morgan fingerprint density at radius 3 is 1.19 bits per heavy atom. The van der Waals surface area contributed by atoms with Gasteiger partial charge in [0.2, 0.25) is 20.0 Å². The monoisotopic (exact) mass is 576 g/mol. The number of sulfonamides is 2. The topological polar surface area (TPSA) is 98.8 Å². The van der Waals surface area contributed by atoms with Crippen LogP contribution in [0, 0.1) is 0 Å². The molecule has 1 saturated heterocycles. The highest BCUT2D eigenvalue weighted by Crippen LogP contribution is 2.20. The van der Waals surface area contributed by atoms with Crippen molar-refractivity contribution < 1.29 is 16.8 Å². The first kappa shape index (κ1) is 29.3. The molecule has 0 radical (unpaired) electrons. The van der Waals surface area contributed by atoms with Crippen molar-refractivity contribution in [2.24, 2.45) is 0 Å². The minimum Gasteiger partial charge on any atom is -0.299 e. The molecule has 2 N–H and O–H groups in total. The second-order valence-corrected chi connectivity index (χ2v) is 14.7. The molecule has 0 atom stereocenters. The summed E-state index contributed by atoms with van der Waals surface area (Å²) in [5.41, 5.74) is -1.37. The Balaban J connectivity index is 1.52. The number of hydrogen-bond acceptors (Lipinski definition) is 6. The number of nitrogens with zero attached hydrogens (tertiary/aromatic N) is 2. The molecule has 3 rings (SSSR count). The Hall–Kier alpha value is -1.24. The molecule has 0 unspecified atom stereocenters. The molecule has 12 heteroatoms. The normalized spacial score (nSPS) is 16.8. The molecular formula is C24H34Cl2N4O4S2. The van der Waals surface area contributed by atoms with Gasteiger partial charge in [0.25, 0.3) is 0 Å². The largest absolute Gasteiger partial charge is 0.299 e. The first-order valence-electron chi connectivity index (χ1n) is 11.6. The molecule has 200 valence electrons. The summed E-state index contributed by atoms with van der Waals surface area (Å²) < 4.78 is 56.8. The van der Waals surface area contributed by atoms with Crippen molar-refractivity contribution in [2.75, 3.05) is 39.3 Å². The third-order valence-electron chi connectivity index (χ3n) is 5.77. The molecule has 1 heterocycles. The van der Waals surface area contributed by atoms with Crippen LogP contribution in [0.1, 0.15) is 27.7 Å². The fourth-order valence-electron chi connectivity index (χ4n) is 4.36. The number of nitrogens with one attached hydrogen (secondary N) is 2. The van der Waals surface area contributed by atoms with Gasteiger partial charge in [0.1, 0.15) is 0 Å². The first-order chi connectivity index (χ1) is 16.6. The van der Waals surface area contributed by atoms with Crippen molar-refractivity contribution in [3.63, 3.8) is 0 Å². The Morgan fingerprint density at radius 1 is 0.639 bits per heavy atom. The van der Waals surface area contributed by atoms with Crippen LogP contribution >= 0.6 is 23.2 Å². The molecule has 0 spiro atoms. The second kappa shape index (κ2) is 11.2. The van der Waals surface area contributed by atoms with E-state index in [-0.39, 0.29) is 9.79 Å². The van der Waals surface area contributed by atoms with Crippen LogP contribution in [0.3, 0.4) is 0 Å². The predicted octanol–water partition coefficient (Wildman–Crippen LogP) is 3.43. The quantitative estimate of drug-likeness (QED) is 0.449. The van der Waals surface area contributed by atoms with Gasteiger partial charge in [-0.15, -0.1) is 0 Å². The van der Waals surface area contributed by atoms with Crippen molar-refractivity contribution >= 4 is 43.2 Å². The van der Waals surface area contributed by atoms with Crippen molar-refractivity contribution in [3.8, 4) is 0 Å². The fourth-order valence-corrected chi connectivity index (χ4v) is 7.42. The van der Waals surface area contributed by atoms with Crippen LogP contribution in [0.15, 0.2) is 58.3 Å². The Kier molecular flexibility index (Phi) is 9.16. The molecular weight excluding hydrogens is 543 g/mol. The smallest absolute Gasteiger partial charge is 0.241 e. The van der Waals surface area contributed by atoms with Gasteiger partial charge in [-0.2, -0.15) is 0 Å². The van der Waals surface area contributed by atoms with Gasteiger partial charge >= 0.3 is 0 Å². The van der Waals surface area contributed by atoms with Gasteiger partial charge in [-0.1, -0.05) is 23.2 Å². The molecule has 1 aliphatic rings. The standard InChI is InChI=1S/C24H34Cl2N4O4S2/c1-23(2,27-35(31,32)21-9-5-19(25)6-10-21)17-29-13-15-30(16-14-29)18-24(3,4)28-36(33,34)22-11-7-20(26)8-12-22/h5-12,27-28H,13-18H2,1-4H3. The summed E-state index contributed by atoms with van der Waals surface area (Å²) in [6.07, 6.45) is 0. The van der Waals surface area contributed by atoms with Crippen molar-refractivity contribution in [3.05, 3.63) is 58.6 Å². The van der Waals surface area contributed by atoms with E-state index in [2.05, 4.69) is 19.2 Å². The molecule has 0 bridgehead atoms. The zero-order valence-corrected chi connectivity index (χ0v) is 24.1. The van der Waals surface area contributed by atoms with E-state index in [4.69, 9.17) is 23.2 Å². The lowest BCUT2D eigenvalue weighted by molar-refractivity contribution is 0.0981. The van der Waals surface area contributed by atoms with E-state index in [1.807, 2.05) is 27.7 Å². The highest BCUT2D eigenvalue weighted by atomic mass is 35.5. The average molecular weight is 578 g/mol. The zero-order chi connectivity index (χ0) is 26.8. The van der Waals surface area contributed by atoms with Gasteiger partial charge in [0.05, 0.1) is 9.79 Å². The van der Waals surface area contributed by atoms with Crippen LogP contribution in [0.2, 0.25) is 10.0 Å². The lowest BCUT2D eigenvalue weighted by Crippen LogP contribution is -2.58. The summed E-state index contributed by atoms with van der Waals surface area (Å²) in [7, 11) is -7.36. The third-order valence-corrected chi connectivity index (χ3v) is 9.70. The van der Waals surface area contributed by atoms with Crippen LogP contribution in [0.25, 0.3) is 0 Å². The molecule has 0 saturated carbocycles. The second-order valence-electron chi connectivity index (χ2n) is 10.4. The molecule has 36 heavy (non-hydrogen) atoms. The van der Waals surface area contributed by atoms with E-state index in [9.17, 15) is 16.8 Å². The van der Waals surface area contributed by atoms with Crippen LogP contribution in [0.5, 0.6) is 0 Å². The van der Waals surface area contributed by atoms with Gasteiger partial charge in [-0.3, -0.25) is 9.80 Å². The Morgan fingerprint density at radius 2 is 0.917 bits per heavy atom. The minimum absolute atomic E-state index is 0.174. The van der Waals surface area contributed by atoms with Gasteiger partial charge in [0.15, 0.2) is 0 Å². The molecule has 1 aliphatic heterocycles. The molecule has 0 aromatic heterocycles. The van der Waals surface area contributed by atoms with Crippen LogP contribution < -0.4 is 9.44 Å². The van der Waals surface area contributed by atoms with Crippen molar-refractivity contribution in [1.29, 1.82) is 0 Å². The zero-order valence-electron chi connectivity index (χ0n) is 21.0. The van der Waals surface area contributed by atoms with E-state index in [0.717, 1.165) is 26.2 Å². The van der Waals surface area contributed by atoms with E-state index >= 15 is 0 Å². The van der Waals surface area contributed by atoms with E-state index < -0.39 is 31.1 Å². The fraction of sp³-hybridized carbons (Fsp3) is 0.500. The lowest BCUT2D eigenvalue weighted by Gasteiger charge is -2.41. The SMILES string of the molecule is CC(C)(CN1CCN(CC(C)(C)NS(=O)(=O)c2ccc(Cl)cc2)CC1)NS(=O)(=O)c1ccc(Cl)cc1. The molecule has 1 fully saturated rings. The molecule has 0 aliphatic carbocycles. The third kappa shape index (κ3) is 8.39. The highest BCUT2D eigenvalue weighted by Gasteiger charge is 2.32. The summed E-state index contributed by atoms with van der Waals surface area (Å²) >= 11 is 11.8. The van der Waals surface area contributed by atoms with Crippen LogP contribution in [-0.2, 0) is 20.0 Å². The Bertz CT molecular complexity index is 1140. The molecule has 2 aromatic carbocycles. The molecule has 0 amide bonds. The van der Waals surface area contributed by atoms with Crippen LogP contribution in [-0.4, -0.2) is 77.0 Å². The van der Waals surface area contributed by atoms with E-state index in [0.29, 0.717) is 23.1 Å². The van der Waals surface area contributed by atoms with Crippen molar-refractivity contribution in [2.45, 2.75) is 48.6 Å². The van der Waals surface area contributed by atoms with Gasteiger partial charge in [0, 0.05) is 60.4 Å². The number of hydrogen-bond donors (Lipinski definition) is 2. The summed E-state index contributed by atoms with van der Waals surface area (Å²) in [5.74, 6) is 0. The van der Waals surface area contributed by atoms with Gasteiger partial charge < -0.3 is 0 Å². The van der Waals surface area contributed by atoms with Gasteiger partial charge in [-0.25, -0.2) is 26.3 Å². The maximum Gasteiger partial charge on any atom is 0.241 e. The average Bonchev–Trinajstić information content (AvgIpc) is 2.74. The number of piperazine rings is 1. The lowest BCUT2D eigenvalue weighted by atomic mass is 10.0. The Labute approximate surface area is 225 Å². The summed E-state index contributed by atoms with van der Waals surface area (Å²) in [4.78, 5) is 4.78. The summed E-state index contributed by atoms with van der Waals surface area (Å²) in [6, 6.07) is 12.2. The molecule has 8 nitrogen and oxygen atoms in total. The summed E-state index contributed by atoms with van der Waals surface area (Å²) in [5, 5.41) is 0.957. The summed E-state index contributed by atoms with van der Waals surface area (Å²) in [6.45, 7) is 11.5. The number of rotatable bonds is 10. The van der Waals surface area contributed by atoms with Crippen LogP contribution in [0.4, 0.5) is 0 Å². The highest BCUT2D eigenvalue weighted by molar-refractivity contribution is 7.89. The predicted molar refractivity (Wildman–Crippen MR) is 145 cm³/mol. The molecule has 2 aromatic rings. The maximum absolute atomic E-state index is 12.8. The maximum atomic E-state index is 12.8. The first-order valence-corrected chi connectivity index (χ1v) is 15.3.